The van der Waals surface area contributed by atoms with Gasteiger partial charge in [-0.2, -0.15) is 0 Å². The third-order valence-electron chi connectivity index (χ3n) is 4.54. The molecular formula is C15H21BrN2O3. The second kappa shape index (κ2) is 6.32. The van der Waals surface area contributed by atoms with Crippen LogP contribution in [0.15, 0.2) is 22.7 Å². The number of nitrogens with zero attached hydrogens (tertiary/aromatic N) is 1. The van der Waals surface area contributed by atoms with Crippen LogP contribution in [0.5, 0.6) is 5.75 Å². The number of benzene rings is 1. The molecule has 2 rings (SSSR count). The van der Waals surface area contributed by atoms with Crippen molar-refractivity contribution in [1.29, 1.82) is 0 Å². The fraction of sp³-hybridized carbons (Fsp3) is 0.600. The summed E-state index contributed by atoms with van der Waals surface area (Å²) in [6.45, 7) is 7.40. The zero-order chi connectivity index (χ0) is 15.6. The summed E-state index contributed by atoms with van der Waals surface area (Å²) in [5.41, 5.74) is 0.104. The molecule has 6 heteroatoms. The summed E-state index contributed by atoms with van der Waals surface area (Å²) in [6, 6.07) is 5.19. The number of halogens is 1. The lowest BCUT2D eigenvalue weighted by atomic mass is 9.61. The third kappa shape index (κ3) is 3.21. The van der Waals surface area contributed by atoms with Gasteiger partial charge in [0.2, 0.25) is 0 Å². The van der Waals surface area contributed by atoms with E-state index in [0.717, 1.165) is 19.4 Å². The van der Waals surface area contributed by atoms with Crippen molar-refractivity contribution in [1.82, 2.24) is 5.32 Å². The van der Waals surface area contributed by atoms with Gasteiger partial charge in [-0.1, -0.05) is 36.7 Å². The van der Waals surface area contributed by atoms with Crippen molar-refractivity contribution in [2.75, 3.05) is 6.54 Å². The molecule has 0 saturated heterocycles. The van der Waals surface area contributed by atoms with E-state index < -0.39 is 4.92 Å². The van der Waals surface area contributed by atoms with Gasteiger partial charge in [0, 0.05) is 28.4 Å². The third-order valence-corrected chi connectivity index (χ3v) is 5.00. The molecule has 1 aromatic rings. The molecular weight excluding hydrogens is 336 g/mol. The maximum Gasteiger partial charge on any atom is 0.274 e. The topological polar surface area (TPSA) is 64.4 Å². The van der Waals surface area contributed by atoms with Gasteiger partial charge < -0.3 is 10.1 Å². The van der Waals surface area contributed by atoms with E-state index in [1.165, 1.54) is 12.1 Å². The van der Waals surface area contributed by atoms with Gasteiger partial charge in [0.25, 0.3) is 5.69 Å². The van der Waals surface area contributed by atoms with Crippen molar-refractivity contribution < 1.29 is 9.66 Å². The maximum atomic E-state index is 10.9. The summed E-state index contributed by atoms with van der Waals surface area (Å²) in [5, 5.41) is 14.4. The normalized spacial score (nSPS) is 28.0. The highest BCUT2D eigenvalue weighted by molar-refractivity contribution is 9.10. The van der Waals surface area contributed by atoms with Crippen molar-refractivity contribution in [2.45, 2.75) is 45.8 Å². The first-order valence-corrected chi connectivity index (χ1v) is 8.05. The van der Waals surface area contributed by atoms with Crippen LogP contribution in [-0.2, 0) is 0 Å². The van der Waals surface area contributed by atoms with Gasteiger partial charge in [0.1, 0.15) is 11.9 Å². The zero-order valence-corrected chi connectivity index (χ0v) is 14.1. The van der Waals surface area contributed by atoms with Crippen LogP contribution in [0.1, 0.15) is 33.6 Å². The van der Waals surface area contributed by atoms with E-state index in [1.807, 2.05) is 0 Å². The molecule has 0 spiro atoms. The second-order valence-corrected chi connectivity index (χ2v) is 6.63. The molecule has 1 fully saturated rings. The molecule has 1 N–H and O–H groups in total. The highest BCUT2D eigenvalue weighted by atomic mass is 79.9. The summed E-state index contributed by atoms with van der Waals surface area (Å²) >= 11 is 3.30. The number of nitro groups is 1. The Labute approximate surface area is 133 Å². The molecule has 0 radical (unpaired) electrons. The fourth-order valence-electron chi connectivity index (χ4n) is 2.92. The van der Waals surface area contributed by atoms with Crippen molar-refractivity contribution in [3.8, 4) is 5.75 Å². The van der Waals surface area contributed by atoms with Crippen molar-refractivity contribution in [3.05, 3.63) is 32.8 Å². The summed E-state index contributed by atoms with van der Waals surface area (Å²) in [6.07, 6.45) is 2.02. The standard InChI is InChI=1S/C15H21BrN2O3/c1-4-15(3)13(17-5-2)9-14(15)21-12-7-10(16)6-11(8-12)18(19)20/h6-8,13-14,17H,4-5,9H2,1-3H3. The maximum absolute atomic E-state index is 10.9. The number of non-ortho nitro benzene ring substituents is 1. The number of nitro benzene ring substituents is 1. The molecule has 0 amide bonds. The lowest BCUT2D eigenvalue weighted by Gasteiger charge is -2.53. The van der Waals surface area contributed by atoms with Gasteiger partial charge in [-0.15, -0.1) is 0 Å². The predicted molar refractivity (Wildman–Crippen MR) is 85.7 cm³/mol. The van der Waals surface area contributed by atoms with Crippen molar-refractivity contribution in [3.63, 3.8) is 0 Å². The van der Waals surface area contributed by atoms with Crippen LogP contribution in [0.25, 0.3) is 0 Å². The van der Waals surface area contributed by atoms with Crippen LogP contribution in [-0.4, -0.2) is 23.6 Å². The van der Waals surface area contributed by atoms with E-state index in [1.54, 1.807) is 6.07 Å². The Morgan fingerprint density at radius 3 is 2.76 bits per heavy atom. The average Bonchev–Trinajstić information content (AvgIpc) is 2.44. The van der Waals surface area contributed by atoms with E-state index in [9.17, 15) is 10.1 Å². The van der Waals surface area contributed by atoms with Crippen LogP contribution in [0.4, 0.5) is 5.69 Å². The van der Waals surface area contributed by atoms with Gasteiger partial charge in [0.15, 0.2) is 0 Å². The number of rotatable bonds is 6. The Hall–Kier alpha value is -1.14. The van der Waals surface area contributed by atoms with Gasteiger partial charge in [-0.05, 0) is 19.0 Å². The molecule has 0 aliphatic heterocycles. The van der Waals surface area contributed by atoms with Gasteiger partial charge in [-0.25, -0.2) is 0 Å². The Morgan fingerprint density at radius 2 is 2.19 bits per heavy atom. The predicted octanol–water partition coefficient (Wildman–Crippen LogP) is 3.90. The highest BCUT2D eigenvalue weighted by Crippen LogP contribution is 2.46. The first-order chi connectivity index (χ1) is 9.90. The average molecular weight is 357 g/mol. The van der Waals surface area contributed by atoms with E-state index in [4.69, 9.17) is 4.74 Å². The number of hydrogen-bond acceptors (Lipinski definition) is 4. The summed E-state index contributed by atoms with van der Waals surface area (Å²) in [4.78, 5) is 10.5. The van der Waals surface area contributed by atoms with Crippen LogP contribution in [0.2, 0.25) is 0 Å². The van der Waals surface area contributed by atoms with Crippen LogP contribution >= 0.6 is 15.9 Å². The van der Waals surface area contributed by atoms with Gasteiger partial charge >= 0.3 is 0 Å². The number of hydrogen-bond donors (Lipinski definition) is 1. The molecule has 0 heterocycles. The molecule has 0 aromatic heterocycles. The van der Waals surface area contributed by atoms with E-state index in [0.29, 0.717) is 16.3 Å². The summed E-state index contributed by atoms with van der Waals surface area (Å²) < 4.78 is 6.69. The lowest BCUT2D eigenvalue weighted by molar-refractivity contribution is -0.385. The zero-order valence-electron chi connectivity index (χ0n) is 12.6. The first-order valence-electron chi connectivity index (χ1n) is 7.25. The molecule has 1 aliphatic rings. The number of ether oxygens (including phenoxy) is 1. The second-order valence-electron chi connectivity index (χ2n) is 5.71. The Balaban J connectivity index is 2.14. The van der Waals surface area contributed by atoms with E-state index in [2.05, 4.69) is 42.0 Å². The van der Waals surface area contributed by atoms with Crippen LogP contribution in [0, 0.1) is 15.5 Å². The molecule has 3 atom stereocenters. The first kappa shape index (κ1) is 16.2. The minimum Gasteiger partial charge on any atom is -0.489 e. The number of nitrogens with one attached hydrogen (secondary N) is 1. The van der Waals surface area contributed by atoms with Gasteiger partial charge in [0.05, 0.1) is 11.0 Å². The van der Waals surface area contributed by atoms with E-state index in [-0.39, 0.29) is 17.2 Å². The van der Waals surface area contributed by atoms with Crippen LogP contribution in [0.3, 0.4) is 0 Å². The molecule has 1 aliphatic carbocycles. The smallest absolute Gasteiger partial charge is 0.274 e. The molecule has 5 nitrogen and oxygen atoms in total. The molecule has 1 saturated carbocycles. The minimum atomic E-state index is -0.404. The molecule has 21 heavy (non-hydrogen) atoms. The highest BCUT2D eigenvalue weighted by Gasteiger charge is 2.51. The van der Waals surface area contributed by atoms with Crippen molar-refractivity contribution in [2.24, 2.45) is 5.41 Å². The Bertz CT molecular complexity index is 538. The van der Waals surface area contributed by atoms with Crippen LogP contribution < -0.4 is 10.1 Å². The Morgan fingerprint density at radius 1 is 1.48 bits per heavy atom. The van der Waals surface area contributed by atoms with Gasteiger partial charge in [-0.3, -0.25) is 10.1 Å². The molecule has 0 bridgehead atoms. The largest absolute Gasteiger partial charge is 0.489 e. The SMILES string of the molecule is CCNC1CC(Oc2cc(Br)cc([N+](=O)[O-])c2)C1(C)CC. The van der Waals surface area contributed by atoms with E-state index >= 15 is 0 Å². The summed E-state index contributed by atoms with van der Waals surface area (Å²) in [7, 11) is 0. The molecule has 116 valence electrons. The Kier molecular flexibility index (Phi) is 4.88. The molecule has 1 aromatic carbocycles. The minimum absolute atomic E-state index is 0.0418. The summed E-state index contributed by atoms with van der Waals surface area (Å²) in [5.74, 6) is 0.552. The fourth-order valence-corrected chi connectivity index (χ4v) is 3.38. The quantitative estimate of drug-likeness (QED) is 0.619. The monoisotopic (exact) mass is 356 g/mol. The lowest BCUT2D eigenvalue weighted by Crippen LogP contribution is -2.63. The van der Waals surface area contributed by atoms with Crippen molar-refractivity contribution >= 4 is 21.6 Å². The molecule has 3 unspecified atom stereocenters.